The van der Waals surface area contributed by atoms with E-state index in [9.17, 15) is 4.79 Å². The number of anilines is 2. The maximum Gasteiger partial charge on any atom is 0.265 e. The van der Waals surface area contributed by atoms with Crippen LogP contribution < -0.4 is 16.4 Å². The third-order valence-electron chi connectivity index (χ3n) is 1.90. The Morgan fingerprint density at radius 2 is 2.44 bits per heavy atom. The molecule has 1 heterocycles. The third-order valence-corrected chi connectivity index (χ3v) is 2.93. The number of nitrogens with two attached hydrogens (primary N) is 1. The lowest BCUT2D eigenvalue weighted by molar-refractivity contribution is 0.0951. The number of nitrogens with zero attached hydrogens (tertiary/aromatic N) is 1. The van der Waals surface area contributed by atoms with Crippen molar-refractivity contribution in [2.45, 2.75) is 19.9 Å². The molecular formula is C10H16N4OS. The van der Waals surface area contributed by atoms with Gasteiger partial charge in [-0.2, -0.15) is 0 Å². The highest BCUT2D eigenvalue weighted by Crippen LogP contribution is 2.24. The lowest BCUT2D eigenvalue weighted by Crippen LogP contribution is -2.30. The third kappa shape index (κ3) is 2.96. The van der Waals surface area contributed by atoms with E-state index in [2.05, 4.69) is 22.2 Å². The molecule has 1 unspecified atom stereocenters. The minimum Gasteiger partial charge on any atom is -0.382 e. The largest absolute Gasteiger partial charge is 0.382 e. The summed E-state index contributed by atoms with van der Waals surface area (Å²) in [6.45, 7) is 8.14. The van der Waals surface area contributed by atoms with Gasteiger partial charge in [-0.15, -0.1) is 6.58 Å². The maximum absolute atomic E-state index is 11.8. The number of nitrogens with one attached hydrogen (secondary N) is 2. The molecule has 0 aliphatic heterocycles. The second-order valence-electron chi connectivity index (χ2n) is 3.26. The summed E-state index contributed by atoms with van der Waals surface area (Å²) in [5.74, 6) is 0.0428. The van der Waals surface area contributed by atoms with E-state index < -0.39 is 0 Å². The zero-order valence-corrected chi connectivity index (χ0v) is 10.2. The zero-order chi connectivity index (χ0) is 12.1. The number of aromatic nitrogens is 1. The summed E-state index contributed by atoms with van der Waals surface area (Å²) < 4.78 is 0. The van der Waals surface area contributed by atoms with E-state index in [4.69, 9.17) is 5.73 Å². The van der Waals surface area contributed by atoms with Crippen LogP contribution in [0.5, 0.6) is 0 Å². The molecule has 4 N–H and O–H groups in total. The van der Waals surface area contributed by atoms with E-state index >= 15 is 0 Å². The van der Waals surface area contributed by atoms with Crippen molar-refractivity contribution in [3.05, 3.63) is 17.5 Å². The van der Waals surface area contributed by atoms with Crippen LogP contribution in [0.15, 0.2) is 12.7 Å². The number of carbonyl (C=O) groups excluding carboxylic acids is 1. The van der Waals surface area contributed by atoms with Gasteiger partial charge in [-0.3, -0.25) is 4.79 Å². The van der Waals surface area contributed by atoms with Gasteiger partial charge in [-0.05, 0) is 13.8 Å². The van der Waals surface area contributed by atoms with Crippen LogP contribution in [0.1, 0.15) is 23.5 Å². The molecule has 1 rings (SSSR count). The van der Waals surface area contributed by atoms with Crippen LogP contribution in [-0.2, 0) is 0 Å². The first-order chi connectivity index (χ1) is 7.58. The number of hydrogen-bond donors (Lipinski definition) is 3. The number of nitrogen functional groups attached to an aromatic ring is 1. The molecule has 0 fully saturated rings. The Bertz CT molecular complexity index is 388. The summed E-state index contributed by atoms with van der Waals surface area (Å²) >= 11 is 1.25. The van der Waals surface area contributed by atoms with Gasteiger partial charge in [0, 0.05) is 12.6 Å². The van der Waals surface area contributed by atoms with Crippen molar-refractivity contribution >= 4 is 28.2 Å². The SMILES string of the molecule is C=CC(C)NC(=O)c1sc(NCC)nc1N. The van der Waals surface area contributed by atoms with Gasteiger partial charge in [-0.25, -0.2) is 4.98 Å². The Hall–Kier alpha value is -1.56. The average Bonchev–Trinajstić information content (AvgIpc) is 2.60. The van der Waals surface area contributed by atoms with Crippen molar-refractivity contribution in [2.24, 2.45) is 0 Å². The minimum atomic E-state index is -0.216. The minimum absolute atomic E-state index is 0.0865. The smallest absolute Gasteiger partial charge is 0.265 e. The Labute approximate surface area is 98.8 Å². The molecule has 5 nitrogen and oxygen atoms in total. The molecule has 0 aliphatic carbocycles. The van der Waals surface area contributed by atoms with Crippen molar-refractivity contribution in [3.63, 3.8) is 0 Å². The fourth-order valence-corrected chi connectivity index (χ4v) is 1.91. The molecule has 0 saturated carbocycles. The van der Waals surface area contributed by atoms with Gasteiger partial charge >= 0.3 is 0 Å². The number of carbonyl (C=O) groups is 1. The van der Waals surface area contributed by atoms with Gasteiger partial charge in [0.05, 0.1) is 0 Å². The van der Waals surface area contributed by atoms with Gasteiger partial charge in [0.1, 0.15) is 10.7 Å². The number of thiazole rings is 1. The second kappa shape index (κ2) is 5.50. The van der Waals surface area contributed by atoms with Crippen LogP contribution in [0, 0.1) is 0 Å². The molecule has 6 heteroatoms. The van der Waals surface area contributed by atoms with Gasteiger partial charge in [0.25, 0.3) is 5.91 Å². The average molecular weight is 240 g/mol. The van der Waals surface area contributed by atoms with E-state index in [0.29, 0.717) is 10.0 Å². The number of amides is 1. The molecule has 0 aromatic carbocycles. The van der Waals surface area contributed by atoms with Crippen molar-refractivity contribution < 1.29 is 4.79 Å². The van der Waals surface area contributed by atoms with Crippen molar-refractivity contribution in [1.82, 2.24) is 10.3 Å². The molecule has 0 aliphatic rings. The second-order valence-corrected chi connectivity index (χ2v) is 4.26. The summed E-state index contributed by atoms with van der Waals surface area (Å²) in [5.41, 5.74) is 5.66. The summed E-state index contributed by atoms with van der Waals surface area (Å²) in [6, 6.07) is -0.0865. The van der Waals surface area contributed by atoms with E-state index in [1.54, 1.807) is 6.08 Å². The first kappa shape index (κ1) is 12.5. The van der Waals surface area contributed by atoms with Crippen molar-refractivity contribution in [3.8, 4) is 0 Å². The molecular weight excluding hydrogens is 224 g/mol. The Balaban J connectivity index is 2.78. The molecule has 1 amide bonds. The lowest BCUT2D eigenvalue weighted by Gasteiger charge is -2.07. The van der Waals surface area contributed by atoms with Crippen LogP contribution in [0.2, 0.25) is 0 Å². The van der Waals surface area contributed by atoms with E-state index in [-0.39, 0.29) is 17.8 Å². The molecule has 0 radical (unpaired) electrons. The van der Waals surface area contributed by atoms with Crippen LogP contribution in [-0.4, -0.2) is 23.5 Å². The highest BCUT2D eigenvalue weighted by molar-refractivity contribution is 7.18. The lowest BCUT2D eigenvalue weighted by atomic mass is 10.3. The van der Waals surface area contributed by atoms with E-state index in [1.165, 1.54) is 11.3 Å². The summed E-state index contributed by atoms with van der Waals surface area (Å²) in [4.78, 5) is 16.2. The normalized spacial score (nSPS) is 11.9. The van der Waals surface area contributed by atoms with Gasteiger partial charge in [-0.1, -0.05) is 17.4 Å². The van der Waals surface area contributed by atoms with Crippen LogP contribution in [0.3, 0.4) is 0 Å². The van der Waals surface area contributed by atoms with Crippen LogP contribution >= 0.6 is 11.3 Å². The molecule has 0 bridgehead atoms. The highest BCUT2D eigenvalue weighted by atomic mass is 32.1. The monoisotopic (exact) mass is 240 g/mol. The summed E-state index contributed by atoms with van der Waals surface area (Å²) in [6.07, 6.45) is 1.65. The zero-order valence-electron chi connectivity index (χ0n) is 9.41. The summed E-state index contributed by atoms with van der Waals surface area (Å²) in [7, 11) is 0. The predicted molar refractivity (Wildman–Crippen MR) is 67.8 cm³/mol. The highest BCUT2D eigenvalue weighted by Gasteiger charge is 2.16. The topological polar surface area (TPSA) is 80.0 Å². The fourth-order valence-electron chi connectivity index (χ4n) is 1.05. The van der Waals surface area contributed by atoms with Crippen molar-refractivity contribution in [2.75, 3.05) is 17.6 Å². The quantitative estimate of drug-likeness (QED) is 0.681. The van der Waals surface area contributed by atoms with Crippen molar-refractivity contribution in [1.29, 1.82) is 0 Å². The molecule has 16 heavy (non-hydrogen) atoms. The van der Waals surface area contributed by atoms with Gasteiger partial charge < -0.3 is 16.4 Å². The standard InChI is InChI=1S/C10H16N4OS/c1-4-6(3)13-9(15)7-8(11)14-10(16-7)12-5-2/h4,6H,1,5,11H2,2-3H3,(H,12,14)(H,13,15). The Morgan fingerprint density at radius 1 is 1.75 bits per heavy atom. The fraction of sp³-hybridized carbons (Fsp3) is 0.400. The van der Waals surface area contributed by atoms with Crippen LogP contribution in [0.25, 0.3) is 0 Å². The molecule has 0 saturated heterocycles. The molecule has 88 valence electrons. The molecule has 1 aromatic rings. The van der Waals surface area contributed by atoms with E-state index in [0.717, 1.165) is 6.54 Å². The molecule has 1 atom stereocenters. The van der Waals surface area contributed by atoms with Crippen LogP contribution in [0.4, 0.5) is 10.9 Å². The van der Waals surface area contributed by atoms with Gasteiger partial charge in [0.15, 0.2) is 5.13 Å². The molecule has 1 aromatic heterocycles. The Morgan fingerprint density at radius 3 is 3.00 bits per heavy atom. The predicted octanol–water partition coefficient (Wildman–Crippen LogP) is 1.46. The number of hydrogen-bond acceptors (Lipinski definition) is 5. The molecule has 0 spiro atoms. The number of rotatable bonds is 5. The Kier molecular flexibility index (Phi) is 4.30. The first-order valence-electron chi connectivity index (χ1n) is 5.02. The van der Waals surface area contributed by atoms with Gasteiger partial charge in [0.2, 0.25) is 0 Å². The maximum atomic E-state index is 11.8. The summed E-state index contributed by atoms with van der Waals surface area (Å²) in [5, 5.41) is 6.43. The first-order valence-corrected chi connectivity index (χ1v) is 5.83. The van der Waals surface area contributed by atoms with E-state index in [1.807, 2.05) is 13.8 Å².